The summed E-state index contributed by atoms with van der Waals surface area (Å²) in [6.45, 7) is 5.39. The van der Waals surface area contributed by atoms with Crippen molar-refractivity contribution in [3.63, 3.8) is 0 Å². The normalized spacial score (nSPS) is 14.8. The van der Waals surface area contributed by atoms with Gasteiger partial charge in [0.1, 0.15) is 5.82 Å². The van der Waals surface area contributed by atoms with Crippen LogP contribution in [0.15, 0.2) is 0 Å². The van der Waals surface area contributed by atoms with Crippen molar-refractivity contribution in [2.24, 2.45) is 0 Å². The van der Waals surface area contributed by atoms with Gasteiger partial charge in [-0.05, 0) is 13.3 Å². The summed E-state index contributed by atoms with van der Waals surface area (Å²) in [5.74, 6) is 0.858. The molecule has 0 aromatic carbocycles. The molecule has 1 aromatic heterocycles. The van der Waals surface area contributed by atoms with Gasteiger partial charge in [-0.1, -0.05) is 6.92 Å². The molecule has 0 saturated carbocycles. The lowest BCUT2D eigenvalue weighted by Gasteiger charge is -2.03. The molecule has 1 aliphatic heterocycles. The van der Waals surface area contributed by atoms with Gasteiger partial charge < -0.3 is 4.74 Å². The van der Waals surface area contributed by atoms with Crippen molar-refractivity contribution in [2.45, 2.75) is 33.5 Å². The van der Waals surface area contributed by atoms with Crippen molar-refractivity contribution < 1.29 is 4.74 Å². The predicted octanol–water partition coefficient (Wildman–Crippen LogP) is 1.38. The molecule has 0 amide bonds. The van der Waals surface area contributed by atoms with Gasteiger partial charge >= 0.3 is 0 Å². The first-order valence-corrected chi connectivity index (χ1v) is 4.24. The summed E-state index contributed by atoms with van der Waals surface area (Å²) in [4.78, 5) is 8.70. The second-order valence-corrected chi connectivity index (χ2v) is 2.99. The summed E-state index contributed by atoms with van der Waals surface area (Å²) in [6.07, 6.45) is 0.967. The SMILES string of the molecule is CCc1nc(C)nc2c1COC2. The van der Waals surface area contributed by atoms with Crippen molar-refractivity contribution in [3.8, 4) is 0 Å². The van der Waals surface area contributed by atoms with Crippen LogP contribution in [0.5, 0.6) is 0 Å². The molecule has 1 aliphatic rings. The Hall–Kier alpha value is -0.960. The number of rotatable bonds is 1. The highest BCUT2D eigenvalue weighted by atomic mass is 16.5. The number of fused-ring (bicyclic) bond motifs is 1. The lowest BCUT2D eigenvalue weighted by molar-refractivity contribution is 0.133. The summed E-state index contributed by atoms with van der Waals surface area (Å²) in [7, 11) is 0. The van der Waals surface area contributed by atoms with E-state index in [4.69, 9.17) is 4.74 Å². The van der Waals surface area contributed by atoms with Crippen molar-refractivity contribution >= 4 is 0 Å². The zero-order valence-corrected chi connectivity index (χ0v) is 7.42. The fourth-order valence-electron chi connectivity index (χ4n) is 1.55. The smallest absolute Gasteiger partial charge is 0.125 e. The Kier molecular flexibility index (Phi) is 1.81. The number of ether oxygens (including phenoxy) is 1. The molecule has 0 fully saturated rings. The first kappa shape index (κ1) is 7.68. The van der Waals surface area contributed by atoms with Crippen LogP contribution in [0.2, 0.25) is 0 Å². The molecule has 0 bridgehead atoms. The van der Waals surface area contributed by atoms with Gasteiger partial charge in [0, 0.05) is 11.3 Å². The third kappa shape index (κ3) is 1.10. The van der Waals surface area contributed by atoms with E-state index in [1.165, 1.54) is 5.56 Å². The van der Waals surface area contributed by atoms with Crippen LogP contribution in [0.4, 0.5) is 0 Å². The maximum absolute atomic E-state index is 5.31. The van der Waals surface area contributed by atoms with E-state index in [1.807, 2.05) is 6.92 Å². The number of nitrogens with zero attached hydrogens (tertiary/aromatic N) is 2. The molecule has 64 valence electrons. The van der Waals surface area contributed by atoms with Crippen molar-refractivity contribution in [2.75, 3.05) is 0 Å². The highest BCUT2D eigenvalue weighted by Crippen LogP contribution is 2.20. The summed E-state index contributed by atoms with van der Waals surface area (Å²) in [5, 5.41) is 0. The van der Waals surface area contributed by atoms with Crippen LogP contribution in [0.3, 0.4) is 0 Å². The van der Waals surface area contributed by atoms with Crippen LogP contribution >= 0.6 is 0 Å². The Labute approximate surface area is 71.8 Å². The van der Waals surface area contributed by atoms with Crippen LogP contribution in [0, 0.1) is 6.92 Å². The lowest BCUT2D eigenvalue weighted by atomic mass is 10.1. The third-order valence-electron chi connectivity index (χ3n) is 2.11. The molecule has 3 nitrogen and oxygen atoms in total. The van der Waals surface area contributed by atoms with Gasteiger partial charge in [0.05, 0.1) is 18.9 Å². The second kappa shape index (κ2) is 2.83. The van der Waals surface area contributed by atoms with E-state index in [9.17, 15) is 0 Å². The molecule has 12 heavy (non-hydrogen) atoms. The van der Waals surface area contributed by atoms with E-state index >= 15 is 0 Å². The molecular weight excluding hydrogens is 152 g/mol. The standard InChI is InChI=1S/C9H12N2O/c1-3-8-7-4-12-5-9(7)11-6(2)10-8/h3-5H2,1-2H3. The van der Waals surface area contributed by atoms with Crippen molar-refractivity contribution in [1.82, 2.24) is 9.97 Å². The Morgan fingerprint density at radius 2 is 2.17 bits per heavy atom. The number of hydrogen-bond donors (Lipinski definition) is 0. The number of aryl methyl sites for hydroxylation is 2. The van der Waals surface area contributed by atoms with E-state index in [0.717, 1.165) is 23.6 Å². The molecule has 0 spiro atoms. The average molecular weight is 164 g/mol. The highest BCUT2D eigenvalue weighted by molar-refractivity contribution is 5.27. The van der Waals surface area contributed by atoms with Gasteiger partial charge in [0.15, 0.2) is 0 Å². The zero-order chi connectivity index (χ0) is 8.55. The first-order valence-electron chi connectivity index (χ1n) is 4.24. The quantitative estimate of drug-likeness (QED) is 0.629. The summed E-state index contributed by atoms with van der Waals surface area (Å²) < 4.78 is 5.31. The van der Waals surface area contributed by atoms with Crippen molar-refractivity contribution in [1.29, 1.82) is 0 Å². The molecule has 0 aliphatic carbocycles. The van der Waals surface area contributed by atoms with Crippen LogP contribution in [0.1, 0.15) is 29.7 Å². The first-order chi connectivity index (χ1) is 5.81. The highest BCUT2D eigenvalue weighted by Gasteiger charge is 2.17. The van der Waals surface area contributed by atoms with Gasteiger partial charge in [-0.3, -0.25) is 0 Å². The Morgan fingerprint density at radius 1 is 1.33 bits per heavy atom. The van der Waals surface area contributed by atoms with Gasteiger partial charge in [-0.15, -0.1) is 0 Å². The van der Waals surface area contributed by atoms with Gasteiger partial charge in [0.2, 0.25) is 0 Å². The predicted molar refractivity (Wildman–Crippen MR) is 44.6 cm³/mol. The summed E-state index contributed by atoms with van der Waals surface area (Å²) >= 11 is 0. The largest absolute Gasteiger partial charge is 0.370 e. The monoisotopic (exact) mass is 164 g/mol. The van der Waals surface area contributed by atoms with Crippen LogP contribution < -0.4 is 0 Å². The van der Waals surface area contributed by atoms with E-state index in [1.54, 1.807) is 0 Å². The molecule has 2 heterocycles. The Balaban J connectivity index is 2.55. The fraction of sp³-hybridized carbons (Fsp3) is 0.556. The van der Waals surface area contributed by atoms with Crippen molar-refractivity contribution in [3.05, 3.63) is 22.8 Å². The summed E-state index contributed by atoms with van der Waals surface area (Å²) in [5.41, 5.74) is 3.44. The minimum Gasteiger partial charge on any atom is -0.370 e. The third-order valence-corrected chi connectivity index (χ3v) is 2.11. The molecule has 2 rings (SSSR count). The fourth-order valence-corrected chi connectivity index (χ4v) is 1.55. The maximum Gasteiger partial charge on any atom is 0.125 e. The van der Waals surface area contributed by atoms with Gasteiger partial charge in [-0.2, -0.15) is 0 Å². The van der Waals surface area contributed by atoms with Crippen LogP contribution in [-0.2, 0) is 24.4 Å². The van der Waals surface area contributed by atoms with E-state index in [0.29, 0.717) is 13.2 Å². The molecule has 0 unspecified atom stereocenters. The minimum atomic E-state index is 0.658. The van der Waals surface area contributed by atoms with Crippen LogP contribution in [0.25, 0.3) is 0 Å². The summed E-state index contributed by atoms with van der Waals surface area (Å²) in [6, 6.07) is 0. The molecule has 0 radical (unpaired) electrons. The molecule has 0 atom stereocenters. The number of hydrogen-bond acceptors (Lipinski definition) is 3. The topological polar surface area (TPSA) is 35.0 Å². The molecule has 3 heteroatoms. The molecule has 1 aromatic rings. The second-order valence-electron chi connectivity index (χ2n) is 2.99. The van der Waals surface area contributed by atoms with E-state index in [-0.39, 0.29) is 0 Å². The average Bonchev–Trinajstić information content (AvgIpc) is 2.50. The van der Waals surface area contributed by atoms with E-state index < -0.39 is 0 Å². The van der Waals surface area contributed by atoms with Gasteiger partial charge in [0.25, 0.3) is 0 Å². The van der Waals surface area contributed by atoms with E-state index in [2.05, 4.69) is 16.9 Å². The molecule has 0 N–H and O–H groups in total. The zero-order valence-electron chi connectivity index (χ0n) is 7.42. The number of aromatic nitrogens is 2. The molecule has 0 saturated heterocycles. The maximum atomic E-state index is 5.31. The Morgan fingerprint density at radius 3 is 2.92 bits per heavy atom. The van der Waals surface area contributed by atoms with Crippen LogP contribution in [-0.4, -0.2) is 9.97 Å². The lowest BCUT2D eigenvalue weighted by Crippen LogP contribution is -2.01. The minimum absolute atomic E-state index is 0.658. The van der Waals surface area contributed by atoms with Gasteiger partial charge in [-0.25, -0.2) is 9.97 Å². The Bertz CT molecular complexity index is 310. The molecular formula is C9H12N2O.